The van der Waals surface area contributed by atoms with Crippen LogP contribution in [0.5, 0.6) is 5.88 Å². The van der Waals surface area contributed by atoms with Crippen molar-refractivity contribution >= 4 is 21.9 Å². The van der Waals surface area contributed by atoms with Gasteiger partial charge in [-0.15, -0.1) is 0 Å². The lowest BCUT2D eigenvalue weighted by atomic mass is 9.92. The molecule has 40 heavy (non-hydrogen) atoms. The minimum atomic E-state index is -4.07. The Bertz CT molecular complexity index is 1510. The van der Waals surface area contributed by atoms with Crippen LogP contribution in [-0.4, -0.2) is 72.9 Å². The topological polar surface area (TPSA) is 105 Å². The van der Waals surface area contributed by atoms with Crippen LogP contribution < -0.4 is 9.46 Å². The molecule has 0 unspecified atom stereocenters. The van der Waals surface area contributed by atoms with E-state index in [9.17, 15) is 13.2 Å². The highest BCUT2D eigenvalue weighted by Crippen LogP contribution is 2.30. The number of carbonyl (C=O) groups is 1. The number of anilines is 1. The van der Waals surface area contributed by atoms with Crippen LogP contribution in [0, 0.1) is 19.3 Å². The van der Waals surface area contributed by atoms with Crippen LogP contribution in [0.15, 0.2) is 53.4 Å². The largest absolute Gasteiger partial charge is 0.471 e. The van der Waals surface area contributed by atoms with Crippen molar-refractivity contribution in [2.24, 2.45) is 5.41 Å². The number of nitrogens with zero attached hydrogens (tertiary/aromatic N) is 4. The number of aryl methyl sites for hydroxylation is 2. The molecule has 2 aliphatic heterocycles. The number of sulfonamides is 1. The summed E-state index contributed by atoms with van der Waals surface area (Å²) in [6, 6.07) is 13.8. The van der Waals surface area contributed by atoms with Crippen molar-refractivity contribution in [2.75, 3.05) is 37.4 Å². The predicted molar refractivity (Wildman–Crippen MR) is 155 cm³/mol. The number of aromatic nitrogens is 2. The van der Waals surface area contributed by atoms with Gasteiger partial charge in [-0.1, -0.05) is 45.0 Å². The Labute approximate surface area is 236 Å². The molecule has 0 aliphatic carbocycles. The fraction of sp³-hybridized carbons (Fsp3) is 0.433. The highest BCUT2D eigenvalue weighted by molar-refractivity contribution is 7.92. The van der Waals surface area contributed by atoms with E-state index >= 15 is 0 Å². The second-order valence-corrected chi connectivity index (χ2v) is 13.6. The SMILES string of the molecule is Cc1cccc(C)c1-c1cc2nc(n1)NS(=O)(=O)c1cccc(c1)C(=O)N1CCN(CCC(C)(C)C)C[C@@H](C1)O2. The van der Waals surface area contributed by atoms with Gasteiger partial charge in [0.05, 0.1) is 17.1 Å². The molecule has 9 nitrogen and oxygen atoms in total. The third-order valence-electron chi connectivity index (χ3n) is 7.38. The zero-order valence-corrected chi connectivity index (χ0v) is 24.6. The third kappa shape index (κ3) is 6.28. The summed E-state index contributed by atoms with van der Waals surface area (Å²) in [5.41, 5.74) is 3.95. The van der Waals surface area contributed by atoms with E-state index in [1.807, 2.05) is 32.0 Å². The van der Waals surface area contributed by atoms with Gasteiger partial charge in [0.1, 0.15) is 6.10 Å². The van der Waals surface area contributed by atoms with Gasteiger partial charge in [-0.2, -0.15) is 4.98 Å². The smallest absolute Gasteiger partial charge is 0.264 e. The van der Waals surface area contributed by atoms with Gasteiger partial charge < -0.3 is 9.64 Å². The van der Waals surface area contributed by atoms with E-state index < -0.39 is 10.0 Å². The standard InChI is InChI=1S/C30H37N5O4S/c1-20-8-6-9-21(2)27(20)25-17-26-32-29(31-25)33-40(37,38)24-11-7-10-22(16-24)28(36)35-15-14-34(13-12-30(3,4)5)18-23(19-35)39-26/h6-11,16-17,23H,12-15,18-19H2,1-5H3,(H,31,32,33)/t23-/m0/s1. The first-order valence-electron chi connectivity index (χ1n) is 13.6. The van der Waals surface area contributed by atoms with E-state index in [-0.39, 0.29) is 34.1 Å². The molecule has 1 fully saturated rings. The Morgan fingerprint density at radius 3 is 2.45 bits per heavy atom. The monoisotopic (exact) mass is 563 g/mol. The van der Waals surface area contributed by atoms with Gasteiger partial charge >= 0.3 is 0 Å². The van der Waals surface area contributed by atoms with Gasteiger partial charge in [-0.25, -0.2) is 18.1 Å². The molecule has 0 spiro atoms. The van der Waals surface area contributed by atoms with E-state index in [0.717, 1.165) is 29.7 Å². The molecule has 1 aromatic heterocycles. The van der Waals surface area contributed by atoms with Crippen molar-refractivity contribution in [3.05, 3.63) is 65.2 Å². The Balaban J connectivity index is 1.62. The summed E-state index contributed by atoms with van der Waals surface area (Å²) in [6.45, 7) is 13.7. The molecule has 0 radical (unpaired) electrons. The highest BCUT2D eigenvalue weighted by Gasteiger charge is 2.30. The lowest BCUT2D eigenvalue weighted by Gasteiger charge is -2.27. The number of rotatable bonds is 3. The minimum absolute atomic E-state index is 0.0284. The molecule has 1 amide bonds. The highest BCUT2D eigenvalue weighted by atomic mass is 32.2. The van der Waals surface area contributed by atoms with Gasteiger partial charge in [-0.05, 0) is 61.6 Å². The van der Waals surface area contributed by atoms with Crippen LogP contribution >= 0.6 is 0 Å². The Morgan fingerprint density at radius 2 is 1.73 bits per heavy atom. The molecule has 3 aromatic rings. The summed E-state index contributed by atoms with van der Waals surface area (Å²) in [5.74, 6) is -0.0517. The molecule has 1 atom stereocenters. The van der Waals surface area contributed by atoms with Crippen LogP contribution in [0.25, 0.3) is 11.3 Å². The second-order valence-electron chi connectivity index (χ2n) is 11.9. The average molecular weight is 564 g/mol. The summed E-state index contributed by atoms with van der Waals surface area (Å²) in [7, 11) is -4.07. The number of benzene rings is 2. The lowest BCUT2D eigenvalue weighted by molar-refractivity contribution is 0.0690. The first-order chi connectivity index (χ1) is 18.9. The van der Waals surface area contributed by atoms with Gasteiger partial charge in [0.25, 0.3) is 15.9 Å². The van der Waals surface area contributed by atoms with Crippen molar-refractivity contribution < 1.29 is 17.9 Å². The Morgan fingerprint density at radius 1 is 1.00 bits per heavy atom. The van der Waals surface area contributed by atoms with E-state index in [2.05, 4.69) is 40.4 Å². The third-order valence-corrected chi connectivity index (χ3v) is 8.71. The van der Waals surface area contributed by atoms with E-state index in [1.165, 1.54) is 12.1 Å². The molecular weight excluding hydrogens is 526 g/mol. The fourth-order valence-corrected chi connectivity index (χ4v) is 6.19. The second kappa shape index (κ2) is 10.8. The van der Waals surface area contributed by atoms with Crippen molar-refractivity contribution in [2.45, 2.75) is 52.0 Å². The lowest BCUT2D eigenvalue weighted by Crippen LogP contribution is -2.40. The number of amides is 1. The van der Waals surface area contributed by atoms with E-state index in [1.54, 1.807) is 23.1 Å². The fourth-order valence-electron chi connectivity index (χ4n) is 5.20. The quantitative estimate of drug-likeness (QED) is 0.500. The molecule has 6 bridgehead atoms. The first-order valence-corrected chi connectivity index (χ1v) is 15.1. The molecule has 3 heterocycles. The molecule has 0 saturated carbocycles. The zero-order valence-electron chi connectivity index (χ0n) is 23.8. The molecule has 2 aliphatic rings. The molecule has 10 heteroatoms. The number of fused-ring (bicyclic) bond motifs is 6. The molecule has 5 rings (SSSR count). The van der Waals surface area contributed by atoms with Crippen LogP contribution in [0.1, 0.15) is 48.7 Å². The summed E-state index contributed by atoms with van der Waals surface area (Å²) >= 11 is 0. The molecule has 1 N–H and O–H groups in total. The van der Waals surface area contributed by atoms with Crippen molar-refractivity contribution in [3.63, 3.8) is 0 Å². The predicted octanol–water partition coefficient (Wildman–Crippen LogP) is 4.52. The molecule has 1 saturated heterocycles. The number of hydrogen-bond acceptors (Lipinski definition) is 7. The van der Waals surface area contributed by atoms with Crippen LogP contribution in [0.3, 0.4) is 0 Å². The summed E-state index contributed by atoms with van der Waals surface area (Å²) in [5, 5.41) is 0. The molecule has 2 aromatic carbocycles. The van der Waals surface area contributed by atoms with Gasteiger partial charge in [0, 0.05) is 36.8 Å². The Hall–Kier alpha value is -3.50. The van der Waals surface area contributed by atoms with Gasteiger partial charge in [0.2, 0.25) is 11.8 Å². The zero-order chi connectivity index (χ0) is 28.7. The number of ether oxygens (including phenoxy) is 1. The van der Waals surface area contributed by atoms with Crippen LogP contribution in [-0.2, 0) is 10.0 Å². The summed E-state index contributed by atoms with van der Waals surface area (Å²) in [4.78, 5) is 26.8. The average Bonchev–Trinajstić information content (AvgIpc) is 3.08. The molecule has 212 valence electrons. The van der Waals surface area contributed by atoms with Crippen LogP contribution in [0.2, 0.25) is 0 Å². The number of hydrogen-bond donors (Lipinski definition) is 1. The van der Waals surface area contributed by atoms with Crippen molar-refractivity contribution in [1.29, 1.82) is 0 Å². The van der Waals surface area contributed by atoms with Crippen molar-refractivity contribution in [3.8, 4) is 17.1 Å². The maximum absolute atomic E-state index is 13.6. The minimum Gasteiger partial charge on any atom is -0.471 e. The number of nitrogens with one attached hydrogen (secondary N) is 1. The molecular formula is C30H37N5O4S. The van der Waals surface area contributed by atoms with Gasteiger partial charge in [0.15, 0.2) is 0 Å². The van der Waals surface area contributed by atoms with Crippen LogP contribution in [0.4, 0.5) is 5.95 Å². The maximum atomic E-state index is 13.6. The van der Waals surface area contributed by atoms with Gasteiger partial charge in [-0.3, -0.25) is 9.69 Å². The number of carbonyl (C=O) groups excluding carboxylic acids is 1. The first kappa shape index (κ1) is 28.0. The van der Waals surface area contributed by atoms with E-state index in [0.29, 0.717) is 37.4 Å². The summed E-state index contributed by atoms with van der Waals surface area (Å²) < 4.78 is 35.8. The Kier molecular flexibility index (Phi) is 7.58. The van der Waals surface area contributed by atoms with E-state index in [4.69, 9.17) is 4.74 Å². The van der Waals surface area contributed by atoms with Crippen molar-refractivity contribution in [1.82, 2.24) is 19.8 Å². The maximum Gasteiger partial charge on any atom is 0.264 e. The summed E-state index contributed by atoms with van der Waals surface area (Å²) in [6.07, 6.45) is 0.631. The normalized spacial score (nSPS) is 19.4.